The molecule has 0 fully saturated rings. The van der Waals surface area contributed by atoms with Gasteiger partial charge >= 0.3 is 7.12 Å². The van der Waals surface area contributed by atoms with Gasteiger partial charge in [0.05, 0.1) is 11.0 Å². The minimum absolute atomic E-state index is 0.0874. The molecule has 0 aliphatic rings. The molecule has 0 aliphatic carbocycles. The first-order chi connectivity index (χ1) is 11.2. The van der Waals surface area contributed by atoms with Gasteiger partial charge in [0, 0.05) is 21.9 Å². The summed E-state index contributed by atoms with van der Waals surface area (Å²) in [6, 6.07) is 21.0. The number of hydrogen-bond donors (Lipinski definition) is 3. The number of nitrogens with zero attached hydrogens (tertiary/aromatic N) is 1. The van der Waals surface area contributed by atoms with Gasteiger partial charge in [0.25, 0.3) is 0 Å². The number of rotatable bonds is 2. The number of fused-ring (bicyclic) bond motifs is 3. The van der Waals surface area contributed by atoms with Gasteiger partial charge in [0.2, 0.25) is 0 Å². The van der Waals surface area contributed by atoms with Crippen molar-refractivity contribution in [3.63, 3.8) is 0 Å². The van der Waals surface area contributed by atoms with E-state index >= 15 is 0 Å². The lowest BCUT2D eigenvalue weighted by Gasteiger charge is -2.11. The first-order valence-electron chi connectivity index (χ1n) is 7.34. The summed E-state index contributed by atoms with van der Waals surface area (Å²) < 4.78 is 2.05. The fourth-order valence-electron chi connectivity index (χ4n) is 3.09. The molecule has 3 aromatic carbocycles. The molecule has 112 valence electrons. The highest BCUT2D eigenvalue weighted by Crippen LogP contribution is 2.31. The van der Waals surface area contributed by atoms with E-state index in [2.05, 4.69) is 16.7 Å². The SMILES string of the molecule is OB(O)c1cc(-n2c3ccccc3c3ccccc32)ccc1O. The van der Waals surface area contributed by atoms with Crippen LogP contribution < -0.4 is 5.46 Å². The molecule has 5 heteroatoms. The van der Waals surface area contributed by atoms with Crippen LogP contribution in [0, 0.1) is 0 Å². The molecule has 0 amide bonds. The Morgan fingerprint density at radius 2 is 1.30 bits per heavy atom. The first kappa shape index (κ1) is 13.9. The van der Waals surface area contributed by atoms with Gasteiger partial charge in [-0.25, -0.2) is 0 Å². The third-order valence-electron chi connectivity index (χ3n) is 4.13. The van der Waals surface area contributed by atoms with E-state index in [0.29, 0.717) is 0 Å². The topological polar surface area (TPSA) is 65.6 Å². The molecular formula is C18H14BNO3. The van der Waals surface area contributed by atoms with Crippen molar-refractivity contribution in [2.75, 3.05) is 0 Å². The fraction of sp³-hybridized carbons (Fsp3) is 0. The largest absolute Gasteiger partial charge is 0.508 e. The number of phenols is 1. The zero-order chi connectivity index (χ0) is 16.0. The molecular weight excluding hydrogens is 289 g/mol. The van der Waals surface area contributed by atoms with Gasteiger partial charge in [0.1, 0.15) is 5.75 Å². The second kappa shape index (κ2) is 5.16. The summed E-state index contributed by atoms with van der Waals surface area (Å²) in [5, 5.41) is 30.9. The monoisotopic (exact) mass is 303 g/mol. The molecule has 0 saturated heterocycles. The summed E-state index contributed by atoms with van der Waals surface area (Å²) in [4.78, 5) is 0. The molecule has 0 bridgehead atoms. The van der Waals surface area contributed by atoms with Crippen molar-refractivity contribution >= 4 is 34.4 Å². The van der Waals surface area contributed by atoms with Crippen molar-refractivity contribution in [2.24, 2.45) is 0 Å². The third-order valence-corrected chi connectivity index (χ3v) is 4.13. The maximum Gasteiger partial charge on any atom is 0.492 e. The van der Waals surface area contributed by atoms with Crippen molar-refractivity contribution in [3.8, 4) is 11.4 Å². The average Bonchev–Trinajstić information content (AvgIpc) is 2.90. The lowest BCUT2D eigenvalue weighted by Crippen LogP contribution is -2.30. The molecule has 0 spiro atoms. The van der Waals surface area contributed by atoms with E-state index in [9.17, 15) is 15.2 Å². The Morgan fingerprint density at radius 1 is 0.739 bits per heavy atom. The van der Waals surface area contributed by atoms with Crippen LogP contribution in [-0.4, -0.2) is 26.8 Å². The van der Waals surface area contributed by atoms with Crippen LogP contribution in [0.2, 0.25) is 0 Å². The number of phenolic OH excluding ortho intramolecular Hbond substituents is 1. The highest BCUT2D eigenvalue weighted by molar-refractivity contribution is 6.59. The summed E-state index contributed by atoms with van der Waals surface area (Å²) in [7, 11) is -1.72. The van der Waals surface area contributed by atoms with Gasteiger partial charge in [-0.1, -0.05) is 36.4 Å². The van der Waals surface area contributed by atoms with E-state index in [1.54, 1.807) is 12.1 Å². The summed E-state index contributed by atoms with van der Waals surface area (Å²) in [5.74, 6) is -0.135. The standard InChI is InChI=1S/C18H14BNO3/c21-18-10-9-12(11-15(18)19(22)23)20-16-7-3-1-5-13(16)14-6-2-4-8-17(14)20/h1-11,21-23H. The van der Waals surface area contributed by atoms with Crippen LogP contribution in [0.4, 0.5) is 0 Å². The quantitative estimate of drug-likeness (QED) is 0.497. The molecule has 0 saturated carbocycles. The number of aromatic hydroxyl groups is 1. The summed E-state index contributed by atoms with van der Waals surface area (Å²) >= 11 is 0. The molecule has 0 unspecified atom stereocenters. The van der Waals surface area contributed by atoms with E-state index in [1.165, 1.54) is 6.07 Å². The molecule has 0 atom stereocenters. The summed E-state index contributed by atoms with van der Waals surface area (Å²) in [6.45, 7) is 0. The predicted molar refractivity (Wildman–Crippen MR) is 92.3 cm³/mol. The van der Waals surface area contributed by atoms with Crippen LogP contribution >= 0.6 is 0 Å². The molecule has 0 aliphatic heterocycles. The molecule has 4 aromatic rings. The Balaban J connectivity index is 2.10. The Hall–Kier alpha value is -2.76. The van der Waals surface area contributed by atoms with Gasteiger partial charge in [0.15, 0.2) is 0 Å². The van der Waals surface area contributed by atoms with Gasteiger partial charge in [-0.05, 0) is 30.3 Å². The Labute approximate surface area is 133 Å². The molecule has 1 heterocycles. The Kier molecular flexibility index (Phi) is 3.11. The summed E-state index contributed by atoms with van der Waals surface area (Å²) in [6.07, 6.45) is 0. The number of benzene rings is 3. The van der Waals surface area contributed by atoms with E-state index in [0.717, 1.165) is 27.5 Å². The second-order valence-electron chi connectivity index (χ2n) is 5.49. The molecule has 4 nitrogen and oxygen atoms in total. The van der Waals surface area contributed by atoms with E-state index in [1.807, 2.05) is 36.4 Å². The minimum Gasteiger partial charge on any atom is -0.508 e. The van der Waals surface area contributed by atoms with Crippen molar-refractivity contribution in [1.82, 2.24) is 4.57 Å². The van der Waals surface area contributed by atoms with Crippen LogP contribution in [0.5, 0.6) is 5.75 Å². The predicted octanol–water partition coefficient (Wildman–Crippen LogP) is 2.17. The fourth-order valence-corrected chi connectivity index (χ4v) is 3.09. The van der Waals surface area contributed by atoms with Crippen molar-refractivity contribution in [1.29, 1.82) is 0 Å². The highest BCUT2D eigenvalue weighted by Gasteiger charge is 2.18. The smallest absolute Gasteiger partial charge is 0.492 e. The number of aromatic nitrogens is 1. The van der Waals surface area contributed by atoms with E-state index < -0.39 is 7.12 Å². The van der Waals surface area contributed by atoms with Crippen LogP contribution in [0.1, 0.15) is 0 Å². The van der Waals surface area contributed by atoms with Crippen molar-refractivity contribution in [3.05, 3.63) is 66.7 Å². The molecule has 23 heavy (non-hydrogen) atoms. The van der Waals surface area contributed by atoms with Crippen LogP contribution in [-0.2, 0) is 0 Å². The normalized spacial score (nSPS) is 11.2. The summed E-state index contributed by atoms with van der Waals surface area (Å²) in [5.41, 5.74) is 2.91. The zero-order valence-corrected chi connectivity index (χ0v) is 12.2. The van der Waals surface area contributed by atoms with Crippen LogP contribution in [0.25, 0.3) is 27.5 Å². The number of hydrogen-bond acceptors (Lipinski definition) is 3. The highest BCUT2D eigenvalue weighted by atomic mass is 16.4. The van der Waals surface area contributed by atoms with Gasteiger partial charge in [-0.2, -0.15) is 0 Å². The third kappa shape index (κ3) is 2.10. The zero-order valence-electron chi connectivity index (χ0n) is 12.2. The minimum atomic E-state index is -1.72. The molecule has 4 rings (SSSR count). The van der Waals surface area contributed by atoms with E-state index in [-0.39, 0.29) is 11.2 Å². The maximum absolute atomic E-state index is 9.80. The van der Waals surface area contributed by atoms with Gasteiger partial charge in [-0.15, -0.1) is 0 Å². The lowest BCUT2D eigenvalue weighted by molar-refractivity contribution is 0.419. The maximum atomic E-state index is 9.80. The van der Waals surface area contributed by atoms with Crippen molar-refractivity contribution in [2.45, 2.75) is 0 Å². The van der Waals surface area contributed by atoms with Gasteiger partial charge < -0.3 is 19.7 Å². The first-order valence-corrected chi connectivity index (χ1v) is 7.34. The molecule has 0 radical (unpaired) electrons. The van der Waals surface area contributed by atoms with E-state index in [4.69, 9.17) is 0 Å². The second-order valence-corrected chi connectivity index (χ2v) is 5.49. The van der Waals surface area contributed by atoms with Crippen LogP contribution in [0.3, 0.4) is 0 Å². The lowest BCUT2D eigenvalue weighted by atomic mass is 9.79. The molecule has 3 N–H and O–H groups in total. The Bertz CT molecular complexity index is 970. The average molecular weight is 303 g/mol. The van der Waals surface area contributed by atoms with Crippen molar-refractivity contribution < 1.29 is 15.2 Å². The number of para-hydroxylation sites is 2. The van der Waals surface area contributed by atoms with Gasteiger partial charge in [-0.3, -0.25) is 0 Å². The Morgan fingerprint density at radius 3 is 1.87 bits per heavy atom. The van der Waals surface area contributed by atoms with Crippen LogP contribution in [0.15, 0.2) is 66.7 Å². The molecule has 1 aromatic heterocycles.